The van der Waals surface area contributed by atoms with Crippen molar-refractivity contribution in [3.8, 4) is 0 Å². The molecule has 0 fully saturated rings. The highest BCUT2D eigenvalue weighted by molar-refractivity contribution is 7.15. The van der Waals surface area contributed by atoms with E-state index in [-0.39, 0.29) is 5.91 Å². The molecule has 0 atom stereocenters. The molecule has 1 rings (SSSR count). The van der Waals surface area contributed by atoms with Crippen LogP contribution in [0.25, 0.3) is 0 Å². The number of aryl methyl sites for hydroxylation is 1. The summed E-state index contributed by atoms with van der Waals surface area (Å²) >= 11 is 1.44. The molecule has 0 aliphatic carbocycles. The molecule has 15 heavy (non-hydrogen) atoms. The molecule has 5 heteroatoms. The van der Waals surface area contributed by atoms with Crippen LogP contribution < -0.4 is 5.32 Å². The second-order valence-corrected chi connectivity index (χ2v) is 4.90. The average molecular weight is 227 g/mol. The number of carbonyl (C=O) groups is 1. The number of nitrogens with one attached hydrogen (secondary N) is 1. The third-order valence-corrected chi connectivity index (χ3v) is 2.95. The summed E-state index contributed by atoms with van der Waals surface area (Å²) in [5.41, 5.74) is 0. The van der Waals surface area contributed by atoms with E-state index in [1.54, 1.807) is 0 Å². The van der Waals surface area contributed by atoms with E-state index >= 15 is 0 Å². The van der Waals surface area contributed by atoms with Crippen molar-refractivity contribution in [2.24, 2.45) is 5.92 Å². The van der Waals surface area contributed by atoms with E-state index in [2.05, 4.69) is 29.4 Å². The standard InChI is InChI=1S/C10H17N3OS/c1-4-9-12-13-10(15-9)11-8(14)6-5-7(2)3/h7H,4-6H2,1-3H3,(H,11,13,14). The smallest absolute Gasteiger partial charge is 0.226 e. The number of anilines is 1. The highest BCUT2D eigenvalue weighted by Gasteiger charge is 2.07. The number of amides is 1. The molecule has 0 aliphatic heterocycles. The Morgan fingerprint density at radius 2 is 2.20 bits per heavy atom. The Kier molecular flexibility index (Phi) is 4.68. The van der Waals surface area contributed by atoms with Crippen LogP contribution in [0.3, 0.4) is 0 Å². The van der Waals surface area contributed by atoms with E-state index < -0.39 is 0 Å². The third-order valence-electron chi connectivity index (χ3n) is 1.96. The minimum absolute atomic E-state index is 0.0301. The zero-order valence-electron chi connectivity index (χ0n) is 9.41. The van der Waals surface area contributed by atoms with Gasteiger partial charge in [-0.2, -0.15) is 0 Å². The predicted molar refractivity (Wildman–Crippen MR) is 62.0 cm³/mol. The van der Waals surface area contributed by atoms with E-state index in [4.69, 9.17) is 0 Å². The molecule has 1 aromatic rings. The van der Waals surface area contributed by atoms with Gasteiger partial charge in [0.2, 0.25) is 11.0 Å². The van der Waals surface area contributed by atoms with Gasteiger partial charge < -0.3 is 5.32 Å². The Bertz CT molecular complexity index is 322. The Hall–Kier alpha value is -0.970. The maximum atomic E-state index is 11.4. The van der Waals surface area contributed by atoms with Crippen LogP contribution in [0.15, 0.2) is 0 Å². The van der Waals surface area contributed by atoms with Gasteiger partial charge in [0.1, 0.15) is 5.01 Å². The normalized spacial score (nSPS) is 10.7. The molecule has 0 radical (unpaired) electrons. The number of aromatic nitrogens is 2. The van der Waals surface area contributed by atoms with Gasteiger partial charge in [0, 0.05) is 6.42 Å². The molecular weight excluding hydrogens is 210 g/mol. The quantitative estimate of drug-likeness (QED) is 0.840. The molecule has 1 aromatic heterocycles. The van der Waals surface area contributed by atoms with Crippen LogP contribution >= 0.6 is 11.3 Å². The SMILES string of the molecule is CCc1nnc(NC(=O)CCC(C)C)s1. The highest BCUT2D eigenvalue weighted by Crippen LogP contribution is 2.16. The Morgan fingerprint density at radius 1 is 1.47 bits per heavy atom. The summed E-state index contributed by atoms with van der Waals surface area (Å²) in [5.74, 6) is 0.582. The Balaban J connectivity index is 2.37. The van der Waals surface area contributed by atoms with Crippen molar-refractivity contribution in [3.05, 3.63) is 5.01 Å². The van der Waals surface area contributed by atoms with Crippen molar-refractivity contribution in [1.82, 2.24) is 10.2 Å². The lowest BCUT2D eigenvalue weighted by Gasteiger charge is -2.03. The minimum atomic E-state index is 0.0301. The molecule has 0 aliphatic rings. The van der Waals surface area contributed by atoms with Crippen LogP contribution in [0.2, 0.25) is 0 Å². The maximum absolute atomic E-state index is 11.4. The van der Waals surface area contributed by atoms with Crippen molar-refractivity contribution < 1.29 is 4.79 Å². The first-order chi connectivity index (χ1) is 7.11. The maximum Gasteiger partial charge on any atom is 0.226 e. The second-order valence-electron chi connectivity index (χ2n) is 3.84. The van der Waals surface area contributed by atoms with Crippen LogP contribution in [-0.2, 0) is 11.2 Å². The summed E-state index contributed by atoms with van der Waals surface area (Å²) in [5, 5.41) is 12.2. The highest BCUT2D eigenvalue weighted by atomic mass is 32.1. The topological polar surface area (TPSA) is 54.9 Å². The Morgan fingerprint density at radius 3 is 2.73 bits per heavy atom. The van der Waals surface area contributed by atoms with Crippen molar-refractivity contribution >= 4 is 22.4 Å². The molecular formula is C10H17N3OS. The van der Waals surface area contributed by atoms with Gasteiger partial charge in [0.25, 0.3) is 0 Å². The Labute approximate surface area is 94.1 Å². The average Bonchev–Trinajstić information content (AvgIpc) is 2.62. The summed E-state index contributed by atoms with van der Waals surface area (Å²) in [7, 11) is 0. The first kappa shape index (κ1) is 12.1. The van der Waals surface area contributed by atoms with Gasteiger partial charge in [0.15, 0.2) is 0 Å². The molecule has 0 unspecified atom stereocenters. The molecule has 0 bridgehead atoms. The molecule has 0 saturated heterocycles. The lowest BCUT2D eigenvalue weighted by atomic mass is 10.1. The molecule has 0 saturated carbocycles. The van der Waals surface area contributed by atoms with E-state index in [1.165, 1.54) is 11.3 Å². The van der Waals surface area contributed by atoms with E-state index in [9.17, 15) is 4.79 Å². The van der Waals surface area contributed by atoms with Crippen molar-refractivity contribution in [3.63, 3.8) is 0 Å². The van der Waals surface area contributed by atoms with Crippen LogP contribution in [-0.4, -0.2) is 16.1 Å². The first-order valence-corrected chi connectivity index (χ1v) is 6.05. The van der Waals surface area contributed by atoms with Gasteiger partial charge in [-0.1, -0.05) is 32.1 Å². The molecule has 4 nitrogen and oxygen atoms in total. The predicted octanol–water partition coefficient (Wildman–Crippen LogP) is 2.48. The van der Waals surface area contributed by atoms with Gasteiger partial charge in [-0.05, 0) is 18.8 Å². The van der Waals surface area contributed by atoms with Gasteiger partial charge in [-0.3, -0.25) is 4.79 Å². The molecule has 1 N–H and O–H groups in total. The number of hydrogen-bond acceptors (Lipinski definition) is 4. The largest absolute Gasteiger partial charge is 0.301 e. The fourth-order valence-electron chi connectivity index (χ4n) is 1.05. The number of hydrogen-bond donors (Lipinski definition) is 1. The minimum Gasteiger partial charge on any atom is -0.301 e. The zero-order chi connectivity index (χ0) is 11.3. The van der Waals surface area contributed by atoms with Crippen molar-refractivity contribution in [2.75, 3.05) is 5.32 Å². The summed E-state index contributed by atoms with van der Waals surface area (Å²) < 4.78 is 0. The van der Waals surface area contributed by atoms with E-state index in [0.29, 0.717) is 17.5 Å². The van der Waals surface area contributed by atoms with Crippen LogP contribution in [0.1, 0.15) is 38.6 Å². The number of rotatable bonds is 5. The van der Waals surface area contributed by atoms with Gasteiger partial charge in [-0.25, -0.2) is 0 Å². The molecule has 1 heterocycles. The summed E-state index contributed by atoms with van der Waals surface area (Å²) in [6.45, 7) is 6.23. The molecule has 0 aromatic carbocycles. The second kappa shape index (κ2) is 5.80. The zero-order valence-corrected chi connectivity index (χ0v) is 10.2. The first-order valence-electron chi connectivity index (χ1n) is 5.24. The monoisotopic (exact) mass is 227 g/mol. The van der Waals surface area contributed by atoms with Crippen LogP contribution in [0.5, 0.6) is 0 Å². The summed E-state index contributed by atoms with van der Waals surface area (Å²) in [6.07, 6.45) is 2.32. The third kappa shape index (κ3) is 4.38. The fourth-order valence-corrected chi connectivity index (χ4v) is 1.74. The lowest BCUT2D eigenvalue weighted by molar-refractivity contribution is -0.116. The van der Waals surface area contributed by atoms with E-state index in [0.717, 1.165) is 17.8 Å². The number of nitrogens with zero attached hydrogens (tertiary/aromatic N) is 2. The molecule has 1 amide bonds. The van der Waals surface area contributed by atoms with Crippen molar-refractivity contribution in [2.45, 2.75) is 40.0 Å². The summed E-state index contributed by atoms with van der Waals surface area (Å²) in [6, 6.07) is 0. The van der Waals surface area contributed by atoms with Gasteiger partial charge in [-0.15, -0.1) is 10.2 Å². The van der Waals surface area contributed by atoms with Gasteiger partial charge >= 0.3 is 0 Å². The van der Waals surface area contributed by atoms with Crippen molar-refractivity contribution in [1.29, 1.82) is 0 Å². The number of carbonyl (C=O) groups excluding carboxylic acids is 1. The van der Waals surface area contributed by atoms with Crippen LogP contribution in [0.4, 0.5) is 5.13 Å². The molecule has 84 valence electrons. The summed E-state index contributed by atoms with van der Waals surface area (Å²) in [4.78, 5) is 11.4. The molecule has 0 spiro atoms. The lowest BCUT2D eigenvalue weighted by Crippen LogP contribution is -2.11. The van der Waals surface area contributed by atoms with Gasteiger partial charge in [0.05, 0.1) is 0 Å². The van der Waals surface area contributed by atoms with E-state index in [1.807, 2.05) is 6.92 Å². The fraction of sp³-hybridized carbons (Fsp3) is 0.700. The van der Waals surface area contributed by atoms with Crippen LogP contribution in [0, 0.1) is 5.92 Å².